The molecule has 2 rings (SSSR count). The maximum atomic E-state index is 6.31. The first kappa shape index (κ1) is 16.1. The van der Waals surface area contributed by atoms with E-state index in [1.807, 2.05) is 18.2 Å². The molecule has 0 spiro atoms. The molecule has 0 aromatic heterocycles. The van der Waals surface area contributed by atoms with E-state index in [0.29, 0.717) is 11.1 Å². The lowest BCUT2D eigenvalue weighted by Crippen LogP contribution is -2.29. The molecule has 0 radical (unpaired) electrons. The third kappa shape index (κ3) is 4.11. The molecule has 2 unspecified atom stereocenters. The minimum absolute atomic E-state index is 0.315. The summed E-state index contributed by atoms with van der Waals surface area (Å²) in [5, 5.41) is 5.14. The van der Waals surface area contributed by atoms with Crippen LogP contribution in [0.3, 0.4) is 0 Å². The van der Waals surface area contributed by atoms with Crippen LogP contribution in [-0.2, 0) is 0 Å². The van der Waals surface area contributed by atoms with Crippen molar-refractivity contribution in [1.29, 1.82) is 0 Å². The quantitative estimate of drug-likeness (QED) is 0.838. The molecular formula is C16H24Cl2N2. The minimum Gasteiger partial charge on any atom is -0.310 e. The Labute approximate surface area is 132 Å². The van der Waals surface area contributed by atoms with Crippen molar-refractivity contribution < 1.29 is 0 Å². The highest BCUT2D eigenvalue weighted by molar-refractivity contribution is 6.35. The lowest BCUT2D eigenvalue weighted by atomic mass is 10.0. The molecule has 1 aliphatic heterocycles. The highest BCUT2D eigenvalue weighted by atomic mass is 35.5. The maximum absolute atomic E-state index is 6.31. The van der Waals surface area contributed by atoms with Crippen LogP contribution < -0.4 is 5.32 Å². The molecule has 1 heterocycles. The van der Waals surface area contributed by atoms with Crippen molar-refractivity contribution in [3.05, 3.63) is 33.8 Å². The van der Waals surface area contributed by atoms with Gasteiger partial charge in [-0.25, -0.2) is 0 Å². The molecule has 1 N–H and O–H groups in total. The number of likely N-dealkylation sites (tertiary alicyclic amines) is 1. The van der Waals surface area contributed by atoms with E-state index in [0.717, 1.165) is 36.0 Å². The van der Waals surface area contributed by atoms with E-state index in [2.05, 4.69) is 24.1 Å². The third-order valence-corrected chi connectivity index (χ3v) is 4.78. The number of nitrogens with one attached hydrogen (secondary N) is 1. The first-order valence-corrected chi connectivity index (χ1v) is 8.30. The summed E-state index contributed by atoms with van der Waals surface area (Å²) in [5.74, 6) is 0.759. The molecule has 0 saturated carbocycles. The molecule has 4 heteroatoms. The van der Waals surface area contributed by atoms with Gasteiger partial charge in [-0.3, -0.25) is 0 Å². The predicted octanol–water partition coefficient (Wildman–Crippen LogP) is 4.38. The fourth-order valence-electron chi connectivity index (χ4n) is 2.93. The van der Waals surface area contributed by atoms with Crippen molar-refractivity contribution in [2.45, 2.75) is 32.7 Å². The van der Waals surface area contributed by atoms with Crippen molar-refractivity contribution in [3.8, 4) is 0 Å². The van der Waals surface area contributed by atoms with Crippen molar-refractivity contribution >= 4 is 23.2 Å². The fraction of sp³-hybridized carbons (Fsp3) is 0.625. The van der Waals surface area contributed by atoms with Crippen LogP contribution in [0.2, 0.25) is 10.0 Å². The van der Waals surface area contributed by atoms with Crippen LogP contribution in [0.4, 0.5) is 0 Å². The van der Waals surface area contributed by atoms with Gasteiger partial charge in [0.05, 0.1) is 0 Å². The number of halogens is 2. The standard InChI is InChI=1S/C16H24Cl2N2/c1-3-16(14-6-5-13(17)9-15(14)18)19-10-12-7-8-20(4-2)11-12/h5-6,9,12,16,19H,3-4,7-8,10-11H2,1-2H3. The Morgan fingerprint density at radius 3 is 2.75 bits per heavy atom. The fourth-order valence-corrected chi connectivity index (χ4v) is 3.47. The van der Waals surface area contributed by atoms with Crippen LogP contribution in [0.25, 0.3) is 0 Å². The van der Waals surface area contributed by atoms with Crippen LogP contribution in [0.15, 0.2) is 18.2 Å². The van der Waals surface area contributed by atoms with Gasteiger partial charge in [0.25, 0.3) is 0 Å². The van der Waals surface area contributed by atoms with Crippen LogP contribution in [0.1, 0.15) is 38.3 Å². The lowest BCUT2D eigenvalue weighted by molar-refractivity contribution is 0.334. The van der Waals surface area contributed by atoms with E-state index in [1.54, 1.807) is 0 Å². The summed E-state index contributed by atoms with van der Waals surface area (Å²) < 4.78 is 0. The first-order valence-electron chi connectivity index (χ1n) is 7.54. The Hall–Kier alpha value is -0.280. The van der Waals surface area contributed by atoms with Crippen LogP contribution in [0, 0.1) is 5.92 Å². The largest absolute Gasteiger partial charge is 0.310 e. The highest BCUT2D eigenvalue weighted by Crippen LogP contribution is 2.28. The van der Waals surface area contributed by atoms with Gasteiger partial charge in [0.2, 0.25) is 0 Å². The molecule has 0 amide bonds. The van der Waals surface area contributed by atoms with Gasteiger partial charge in [0.15, 0.2) is 0 Å². The second-order valence-corrected chi connectivity index (χ2v) is 6.43. The van der Waals surface area contributed by atoms with E-state index in [1.165, 1.54) is 19.5 Å². The van der Waals surface area contributed by atoms with E-state index < -0.39 is 0 Å². The van der Waals surface area contributed by atoms with E-state index in [4.69, 9.17) is 23.2 Å². The zero-order chi connectivity index (χ0) is 14.5. The number of nitrogens with zero attached hydrogens (tertiary/aromatic N) is 1. The van der Waals surface area contributed by atoms with Gasteiger partial charge in [-0.05, 0) is 56.1 Å². The zero-order valence-corrected chi connectivity index (χ0v) is 13.8. The zero-order valence-electron chi connectivity index (χ0n) is 12.3. The molecule has 2 nitrogen and oxygen atoms in total. The highest BCUT2D eigenvalue weighted by Gasteiger charge is 2.22. The predicted molar refractivity (Wildman–Crippen MR) is 87.7 cm³/mol. The van der Waals surface area contributed by atoms with Gasteiger partial charge < -0.3 is 10.2 Å². The molecule has 20 heavy (non-hydrogen) atoms. The van der Waals surface area contributed by atoms with Gasteiger partial charge in [-0.15, -0.1) is 0 Å². The van der Waals surface area contributed by atoms with Gasteiger partial charge in [-0.2, -0.15) is 0 Å². The number of benzene rings is 1. The lowest BCUT2D eigenvalue weighted by Gasteiger charge is -2.21. The van der Waals surface area contributed by atoms with Crippen molar-refractivity contribution in [2.75, 3.05) is 26.2 Å². The summed E-state index contributed by atoms with van der Waals surface area (Å²) in [6.07, 6.45) is 2.33. The number of hydrogen-bond donors (Lipinski definition) is 1. The molecule has 0 bridgehead atoms. The summed E-state index contributed by atoms with van der Waals surface area (Å²) in [4.78, 5) is 2.52. The topological polar surface area (TPSA) is 15.3 Å². The van der Waals surface area contributed by atoms with Crippen molar-refractivity contribution in [3.63, 3.8) is 0 Å². The normalized spacial score (nSPS) is 21.3. The van der Waals surface area contributed by atoms with E-state index >= 15 is 0 Å². The third-order valence-electron chi connectivity index (χ3n) is 4.22. The molecule has 1 fully saturated rings. The van der Waals surface area contributed by atoms with E-state index in [9.17, 15) is 0 Å². The molecule has 112 valence electrons. The Morgan fingerprint density at radius 1 is 1.35 bits per heavy atom. The molecule has 1 aromatic rings. The minimum atomic E-state index is 0.315. The van der Waals surface area contributed by atoms with Crippen molar-refractivity contribution in [2.24, 2.45) is 5.92 Å². The Balaban J connectivity index is 1.92. The van der Waals surface area contributed by atoms with Gasteiger partial charge in [-0.1, -0.05) is 43.1 Å². The van der Waals surface area contributed by atoms with Crippen molar-refractivity contribution in [1.82, 2.24) is 10.2 Å². The van der Waals surface area contributed by atoms with E-state index in [-0.39, 0.29) is 0 Å². The summed E-state index contributed by atoms with van der Waals surface area (Å²) >= 11 is 12.3. The summed E-state index contributed by atoms with van der Waals surface area (Å²) in [6.45, 7) is 9.11. The smallest absolute Gasteiger partial charge is 0.0468 e. The first-order chi connectivity index (χ1) is 9.63. The Bertz CT molecular complexity index is 436. The summed E-state index contributed by atoms with van der Waals surface area (Å²) in [7, 11) is 0. The second kappa shape index (κ2) is 7.65. The monoisotopic (exact) mass is 314 g/mol. The van der Waals surface area contributed by atoms with Crippen LogP contribution in [-0.4, -0.2) is 31.1 Å². The van der Waals surface area contributed by atoms with Crippen LogP contribution in [0.5, 0.6) is 0 Å². The van der Waals surface area contributed by atoms with Crippen LogP contribution >= 0.6 is 23.2 Å². The summed E-state index contributed by atoms with van der Waals surface area (Å²) in [6, 6.07) is 6.10. The molecule has 1 aliphatic rings. The average Bonchev–Trinajstić information content (AvgIpc) is 2.89. The Morgan fingerprint density at radius 2 is 2.15 bits per heavy atom. The summed E-state index contributed by atoms with van der Waals surface area (Å²) in [5.41, 5.74) is 1.16. The average molecular weight is 315 g/mol. The number of rotatable bonds is 6. The maximum Gasteiger partial charge on any atom is 0.0468 e. The Kier molecular flexibility index (Phi) is 6.16. The SMILES string of the molecule is CCC(NCC1CCN(CC)C1)c1ccc(Cl)cc1Cl. The number of hydrogen-bond acceptors (Lipinski definition) is 2. The molecule has 0 aliphatic carbocycles. The molecule has 1 saturated heterocycles. The molecule has 1 aromatic carbocycles. The molecule has 2 atom stereocenters. The molecular weight excluding hydrogens is 291 g/mol. The van der Waals surface area contributed by atoms with Gasteiger partial charge in [0.1, 0.15) is 0 Å². The van der Waals surface area contributed by atoms with Gasteiger partial charge >= 0.3 is 0 Å². The second-order valence-electron chi connectivity index (χ2n) is 5.58. The van der Waals surface area contributed by atoms with Gasteiger partial charge in [0, 0.05) is 22.6 Å².